The third kappa shape index (κ3) is 0.746. The highest BCUT2D eigenvalue weighted by Crippen LogP contribution is 2.39. The molecule has 3 nitrogen and oxygen atoms in total. The fourth-order valence-electron chi connectivity index (χ4n) is 0.202. The summed E-state index contributed by atoms with van der Waals surface area (Å²) >= 11 is 0. The van der Waals surface area contributed by atoms with Crippen LogP contribution in [-0.2, 0) is 4.84 Å². The van der Waals surface area contributed by atoms with Gasteiger partial charge in [0.2, 0.25) is 0 Å². The van der Waals surface area contributed by atoms with E-state index in [9.17, 15) is 17.7 Å². The van der Waals surface area contributed by atoms with Crippen LogP contribution in [0.2, 0.25) is 0 Å². The van der Waals surface area contributed by atoms with Crippen molar-refractivity contribution in [1.82, 2.24) is 10.6 Å². The summed E-state index contributed by atoms with van der Waals surface area (Å²) in [5.41, 5.74) is -1.83. The lowest BCUT2D eigenvalue weighted by molar-refractivity contribution is -0.311. The van der Waals surface area contributed by atoms with Gasteiger partial charge in [-0.3, -0.25) is 0 Å². The second-order valence-corrected chi connectivity index (χ2v) is 1.07. The Morgan fingerprint density at radius 1 is 1.38 bits per heavy atom. The second-order valence-electron chi connectivity index (χ2n) is 1.07. The van der Waals surface area contributed by atoms with Crippen molar-refractivity contribution in [1.29, 1.82) is 0 Å². The zero-order chi connectivity index (χ0) is 6.36. The Labute approximate surface area is 40.8 Å². The van der Waals surface area contributed by atoms with Crippen molar-refractivity contribution in [2.24, 2.45) is 0 Å². The van der Waals surface area contributed by atoms with Gasteiger partial charge < -0.3 is 0 Å². The van der Waals surface area contributed by atoms with Crippen molar-refractivity contribution in [3.8, 4) is 0 Å². The van der Waals surface area contributed by atoms with Crippen LogP contribution in [0.15, 0.2) is 0 Å². The molecule has 0 aromatic rings. The van der Waals surface area contributed by atoms with Gasteiger partial charge in [-0.05, 0) is 0 Å². The first kappa shape index (κ1) is 5.73. The molecule has 1 heterocycles. The number of alkyl halides is 2. The third-order valence-electron chi connectivity index (χ3n) is 0.524. The van der Waals surface area contributed by atoms with Gasteiger partial charge in [0.15, 0.2) is 0 Å². The van der Waals surface area contributed by atoms with E-state index >= 15 is 0 Å². The van der Waals surface area contributed by atoms with Crippen molar-refractivity contribution in [2.75, 3.05) is 0 Å². The molecule has 7 heteroatoms. The Morgan fingerprint density at radius 3 is 1.75 bits per heavy atom. The number of hydroxylamine groups is 1. The summed E-state index contributed by atoms with van der Waals surface area (Å²) in [6.07, 6.45) is -3.80. The molecule has 1 atom stereocenters. The molecule has 0 spiro atoms. The largest absolute Gasteiger partial charge is 0.484 e. The van der Waals surface area contributed by atoms with Crippen molar-refractivity contribution in [3.05, 3.63) is 0 Å². The van der Waals surface area contributed by atoms with Crippen LogP contribution in [0.5, 0.6) is 0 Å². The molecule has 0 aromatic heterocycles. The van der Waals surface area contributed by atoms with Gasteiger partial charge in [-0.25, -0.2) is 0 Å². The molecule has 0 radical (unpaired) electrons. The molecule has 0 bridgehead atoms. The SMILES string of the molecule is FN(F)N1OC1(F)F. The molecule has 48 valence electrons. The molecule has 0 amide bonds. The molecule has 1 saturated heterocycles. The average Bonchev–Trinajstić information content (AvgIpc) is 2.13. The second kappa shape index (κ2) is 1.30. The van der Waals surface area contributed by atoms with Gasteiger partial charge in [-0.2, -0.15) is 13.6 Å². The minimum absolute atomic E-state index is 0.854. The summed E-state index contributed by atoms with van der Waals surface area (Å²) in [5, 5.41) is -0.854. The van der Waals surface area contributed by atoms with Gasteiger partial charge in [-0.15, -0.1) is 0 Å². The standard InChI is InChI=1S/CF4N2O/c2-1(3)6(8-1)7(4)5. The first-order valence-electron chi connectivity index (χ1n) is 1.53. The molecule has 0 N–H and O–H groups in total. The normalized spacial score (nSPS) is 33.4. The van der Waals surface area contributed by atoms with Crippen LogP contribution in [0, 0.1) is 0 Å². The topological polar surface area (TPSA) is 18.8 Å². The van der Waals surface area contributed by atoms with Crippen LogP contribution in [0.1, 0.15) is 0 Å². The maximum absolute atomic E-state index is 11.2. The van der Waals surface area contributed by atoms with Gasteiger partial charge in [-0.1, -0.05) is 8.96 Å². The highest BCUT2D eigenvalue weighted by Gasteiger charge is 2.64. The van der Waals surface area contributed by atoms with Gasteiger partial charge in [0.1, 0.15) is 5.45 Å². The maximum atomic E-state index is 11.2. The van der Waals surface area contributed by atoms with E-state index in [1.807, 2.05) is 0 Å². The molecule has 1 aliphatic heterocycles. The van der Waals surface area contributed by atoms with Crippen LogP contribution >= 0.6 is 0 Å². The van der Waals surface area contributed by atoms with Crippen LogP contribution in [0.3, 0.4) is 0 Å². The van der Waals surface area contributed by atoms with Crippen LogP contribution in [-0.4, -0.2) is 16.9 Å². The molecule has 0 aliphatic carbocycles. The highest BCUT2D eigenvalue weighted by molar-refractivity contribution is 4.50. The predicted octanol–water partition coefficient (Wildman–Crippen LogP) is 0.770. The smallest absolute Gasteiger partial charge is 0.184 e. The predicted molar refractivity (Wildman–Crippen MR) is 11.9 cm³/mol. The van der Waals surface area contributed by atoms with Crippen LogP contribution < -0.4 is 0 Å². The fraction of sp³-hybridized carbons (Fsp3) is 1.00. The first-order chi connectivity index (χ1) is 3.54. The van der Waals surface area contributed by atoms with E-state index in [2.05, 4.69) is 4.84 Å². The Balaban J connectivity index is 2.37. The Kier molecular flexibility index (Phi) is 0.934. The van der Waals surface area contributed by atoms with E-state index < -0.39 is 16.9 Å². The van der Waals surface area contributed by atoms with E-state index in [0.29, 0.717) is 0 Å². The number of hydrazine groups is 1. The lowest BCUT2D eigenvalue weighted by atomic mass is 11.3. The minimum Gasteiger partial charge on any atom is -0.184 e. The first-order valence-corrected chi connectivity index (χ1v) is 1.53. The molecule has 0 aromatic carbocycles. The van der Waals surface area contributed by atoms with E-state index in [1.165, 1.54) is 0 Å². The molecular formula is CF4N2O. The van der Waals surface area contributed by atoms with E-state index in [4.69, 9.17) is 0 Å². The summed E-state index contributed by atoms with van der Waals surface area (Å²) in [6, 6.07) is 0. The number of halogens is 4. The van der Waals surface area contributed by atoms with Crippen molar-refractivity contribution >= 4 is 0 Å². The van der Waals surface area contributed by atoms with Gasteiger partial charge in [0, 0.05) is 5.17 Å². The number of rotatable bonds is 1. The lowest BCUT2D eigenvalue weighted by Gasteiger charge is -1.89. The maximum Gasteiger partial charge on any atom is 0.484 e. The minimum atomic E-state index is -3.80. The van der Waals surface area contributed by atoms with Crippen molar-refractivity contribution < 1.29 is 22.6 Å². The van der Waals surface area contributed by atoms with E-state index in [0.717, 1.165) is 0 Å². The fourth-order valence-corrected chi connectivity index (χ4v) is 0.202. The van der Waals surface area contributed by atoms with Crippen LogP contribution in [0.25, 0.3) is 0 Å². The Morgan fingerprint density at radius 2 is 1.75 bits per heavy atom. The van der Waals surface area contributed by atoms with Gasteiger partial charge in [0.05, 0.1) is 0 Å². The Hall–Kier alpha value is -0.400. The van der Waals surface area contributed by atoms with Crippen LogP contribution in [0.4, 0.5) is 17.7 Å². The summed E-state index contributed by atoms with van der Waals surface area (Å²) in [5.74, 6) is 0. The summed E-state index contributed by atoms with van der Waals surface area (Å²) in [6.45, 7) is 0. The number of hydrogen-bond acceptors (Lipinski definition) is 3. The van der Waals surface area contributed by atoms with Gasteiger partial charge in [0.25, 0.3) is 0 Å². The van der Waals surface area contributed by atoms with Crippen molar-refractivity contribution in [2.45, 2.75) is 6.23 Å². The molecule has 1 rings (SSSR count). The third-order valence-corrected chi connectivity index (χ3v) is 0.524. The molecule has 1 fully saturated rings. The molecule has 8 heavy (non-hydrogen) atoms. The summed E-state index contributed by atoms with van der Waals surface area (Å²) in [4.78, 5) is 3.04. The summed E-state index contributed by atoms with van der Waals surface area (Å²) in [7, 11) is 0. The van der Waals surface area contributed by atoms with E-state index in [-0.39, 0.29) is 0 Å². The Bertz CT molecular complexity index is 104. The average molecular weight is 132 g/mol. The summed E-state index contributed by atoms with van der Waals surface area (Å²) < 4.78 is 44.2. The van der Waals surface area contributed by atoms with Gasteiger partial charge >= 0.3 is 6.23 Å². The van der Waals surface area contributed by atoms with E-state index in [1.54, 1.807) is 0 Å². The molecule has 1 unspecified atom stereocenters. The lowest BCUT2D eigenvalue weighted by Crippen LogP contribution is -2.15. The zero-order valence-corrected chi connectivity index (χ0v) is 3.31. The van der Waals surface area contributed by atoms with Crippen molar-refractivity contribution in [3.63, 3.8) is 0 Å². The zero-order valence-electron chi connectivity index (χ0n) is 3.31. The molecule has 0 saturated carbocycles. The highest BCUT2D eigenvalue weighted by atomic mass is 19.4. The molecular weight excluding hydrogens is 132 g/mol. The number of hydrogen-bond donors (Lipinski definition) is 0. The number of nitrogens with zero attached hydrogens (tertiary/aromatic N) is 2. The molecule has 1 aliphatic rings. The quantitative estimate of drug-likeness (QED) is 0.227. The monoisotopic (exact) mass is 132 g/mol.